The van der Waals surface area contributed by atoms with Crippen LogP contribution in [0.3, 0.4) is 0 Å². The van der Waals surface area contributed by atoms with Gasteiger partial charge in [-0.1, -0.05) is 41.4 Å². The van der Waals surface area contributed by atoms with Crippen molar-refractivity contribution < 1.29 is 27.4 Å². The highest BCUT2D eigenvalue weighted by atomic mass is 35.5. The lowest BCUT2D eigenvalue weighted by Crippen LogP contribution is -2.40. The van der Waals surface area contributed by atoms with E-state index in [1.807, 2.05) is 0 Å². The number of alkyl halides is 3. The molecule has 4 rings (SSSR count). The number of ether oxygens (including phenoxy) is 3. The van der Waals surface area contributed by atoms with Gasteiger partial charge < -0.3 is 14.2 Å². The number of nitrogens with zero attached hydrogens (tertiary/aromatic N) is 4. The number of rotatable bonds is 10. The van der Waals surface area contributed by atoms with Crippen molar-refractivity contribution in [3.8, 4) is 6.01 Å². The highest BCUT2D eigenvalue weighted by molar-refractivity contribution is 6.32. The predicted molar refractivity (Wildman–Crippen MR) is 140 cm³/mol. The van der Waals surface area contributed by atoms with E-state index < -0.39 is 34.1 Å². The van der Waals surface area contributed by atoms with Gasteiger partial charge >= 0.3 is 11.9 Å². The van der Waals surface area contributed by atoms with Crippen LogP contribution in [0.1, 0.15) is 12.0 Å². The maximum Gasteiger partial charge on any atom is 0.417 e. The minimum Gasteiger partial charge on any atom is -0.457 e. The monoisotopic (exact) mass is 588 g/mol. The number of benzene rings is 1. The summed E-state index contributed by atoms with van der Waals surface area (Å²) in [5, 5.41) is 0.0784. The molecule has 0 bridgehead atoms. The smallest absolute Gasteiger partial charge is 0.417 e. The number of aryl methyl sites for hydroxylation is 1. The number of halogens is 5. The molecule has 3 aromatic rings. The molecule has 1 aliphatic rings. The molecule has 2 heterocycles. The van der Waals surface area contributed by atoms with E-state index in [-0.39, 0.29) is 49.9 Å². The van der Waals surface area contributed by atoms with Gasteiger partial charge in [-0.3, -0.25) is 18.5 Å². The first-order valence-corrected chi connectivity index (χ1v) is 12.6. The van der Waals surface area contributed by atoms with E-state index in [4.69, 9.17) is 37.4 Å². The quantitative estimate of drug-likeness (QED) is 0.332. The fourth-order valence-corrected chi connectivity index (χ4v) is 4.45. The average Bonchev–Trinajstić information content (AvgIpc) is 3.24. The van der Waals surface area contributed by atoms with Crippen LogP contribution in [0.15, 0.2) is 56.6 Å². The molecule has 0 radical (unpaired) electrons. The van der Waals surface area contributed by atoms with Crippen LogP contribution in [0.4, 0.5) is 13.2 Å². The topological polar surface area (TPSA) is 89.5 Å². The van der Waals surface area contributed by atoms with Gasteiger partial charge in [-0.2, -0.15) is 18.2 Å². The first-order valence-electron chi connectivity index (χ1n) is 11.8. The van der Waals surface area contributed by atoms with Crippen molar-refractivity contribution in [1.29, 1.82) is 0 Å². The summed E-state index contributed by atoms with van der Waals surface area (Å²) in [6.07, 6.45) is -3.61. The zero-order chi connectivity index (χ0) is 28.3. The molecular weight excluding hydrogens is 564 g/mol. The normalized spacial score (nSPS) is 15.9. The molecule has 1 aliphatic carbocycles. The summed E-state index contributed by atoms with van der Waals surface area (Å²) < 4.78 is 60.3. The van der Waals surface area contributed by atoms with Gasteiger partial charge in [-0.25, -0.2) is 4.79 Å². The fourth-order valence-electron chi connectivity index (χ4n) is 4.07. The van der Waals surface area contributed by atoms with Crippen LogP contribution in [0.5, 0.6) is 6.01 Å². The van der Waals surface area contributed by atoms with Gasteiger partial charge in [0.15, 0.2) is 11.2 Å². The molecule has 0 fully saturated rings. The molecule has 0 spiro atoms. The Morgan fingerprint density at radius 3 is 2.46 bits per heavy atom. The molecule has 2 aromatic heterocycles. The van der Waals surface area contributed by atoms with Crippen LogP contribution in [0.25, 0.3) is 11.2 Å². The lowest BCUT2D eigenvalue weighted by molar-refractivity contribution is -0.0897. The van der Waals surface area contributed by atoms with Gasteiger partial charge in [0, 0.05) is 30.6 Å². The summed E-state index contributed by atoms with van der Waals surface area (Å²) in [6, 6.07) is 6.65. The molecule has 0 N–H and O–H groups in total. The van der Waals surface area contributed by atoms with Gasteiger partial charge in [0.25, 0.3) is 11.6 Å². The molecule has 0 aliphatic heterocycles. The van der Waals surface area contributed by atoms with Gasteiger partial charge in [0.1, 0.15) is 6.10 Å². The first-order chi connectivity index (χ1) is 18.5. The molecule has 39 heavy (non-hydrogen) atoms. The maximum absolute atomic E-state index is 13.6. The average molecular weight is 589 g/mol. The summed E-state index contributed by atoms with van der Waals surface area (Å²) in [7, 11) is 2.97. The lowest BCUT2D eigenvalue weighted by Gasteiger charge is -2.21. The van der Waals surface area contributed by atoms with Gasteiger partial charge in [0.2, 0.25) is 0 Å². The number of hydrogen-bond donors (Lipinski definition) is 0. The molecule has 1 aromatic carbocycles. The van der Waals surface area contributed by atoms with E-state index in [1.54, 1.807) is 24.3 Å². The number of fused-ring (bicyclic) bond motifs is 1. The predicted octanol–water partition coefficient (Wildman–Crippen LogP) is 4.02. The Morgan fingerprint density at radius 1 is 1.08 bits per heavy atom. The fraction of sp³-hybridized carbons (Fsp3) is 0.400. The molecule has 1 unspecified atom stereocenters. The minimum absolute atomic E-state index is 0.0231. The second-order valence-electron chi connectivity index (χ2n) is 8.70. The second-order valence-corrected chi connectivity index (χ2v) is 9.55. The third kappa shape index (κ3) is 6.40. The zero-order valence-electron chi connectivity index (χ0n) is 21.0. The Labute approximate surface area is 230 Å². The Kier molecular flexibility index (Phi) is 8.90. The van der Waals surface area contributed by atoms with Gasteiger partial charge in [-0.15, -0.1) is 0 Å². The largest absolute Gasteiger partial charge is 0.457 e. The summed E-state index contributed by atoms with van der Waals surface area (Å²) >= 11 is 11.8. The van der Waals surface area contributed by atoms with Crippen molar-refractivity contribution in [3.63, 3.8) is 0 Å². The van der Waals surface area contributed by atoms with Crippen molar-refractivity contribution in [2.75, 3.05) is 26.9 Å². The molecule has 210 valence electrons. The summed E-state index contributed by atoms with van der Waals surface area (Å²) in [5.41, 5.74) is -1.51. The summed E-state index contributed by atoms with van der Waals surface area (Å²) in [5.74, 6) is 0. The van der Waals surface area contributed by atoms with Crippen molar-refractivity contribution in [1.82, 2.24) is 18.7 Å². The van der Waals surface area contributed by atoms with Gasteiger partial charge in [-0.05, 0) is 23.8 Å². The van der Waals surface area contributed by atoms with Crippen LogP contribution in [0.2, 0.25) is 5.02 Å². The Bertz CT molecular complexity index is 1520. The molecule has 0 amide bonds. The second kappa shape index (κ2) is 12.0. The molecule has 1 atom stereocenters. The first kappa shape index (κ1) is 28.9. The van der Waals surface area contributed by atoms with Crippen LogP contribution in [-0.2, 0) is 29.6 Å². The van der Waals surface area contributed by atoms with Crippen LogP contribution >= 0.6 is 23.2 Å². The summed E-state index contributed by atoms with van der Waals surface area (Å²) in [4.78, 5) is 30.9. The van der Waals surface area contributed by atoms with Crippen molar-refractivity contribution >= 4 is 34.4 Å². The Morgan fingerprint density at radius 2 is 1.79 bits per heavy atom. The number of imidazole rings is 1. The Hall–Kier alpha value is -3.06. The molecular formula is C25H25Cl2F3N4O5. The SMILES string of the molecule is COCCOCCn1c(=O)c2c(nc(OC3C=C(C(F)(F)F)C(Cl)=CC3)n2Cc2ccc(Cl)cc2)n(C)c1=O. The zero-order valence-corrected chi connectivity index (χ0v) is 22.5. The highest BCUT2D eigenvalue weighted by Gasteiger charge is 2.38. The minimum atomic E-state index is -4.68. The van der Waals surface area contributed by atoms with Crippen LogP contribution in [0, 0.1) is 0 Å². The van der Waals surface area contributed by atoms with Crippen LogP contribution < -0.4 is 16.0 Å². The Balaban J connectivity index is 1.80. The van der Waals surface area contributed by atoms with E-state index in [2.05, 4.69) is 4.98 Å². The van der Waals surface area contributed by atoms with Crippen molar-refractivity contribution in [2.45, 2.75) is 31.8 Å². The highest BCUT2D eigenvalue weighted by Crippen LogP contribution is 2.37. The third-order valence-electron chi connectivity index (χ3n) is 6.04. The van der Waals surface area contributed by atoms with E-state index >= 15 is 0 Å². The third-order valence-corrected chi connectivity index (χ3v) is 6.65. The number of aromatic nitrogens is 4. The standard InChI is InChI=1S/C25H25Cl2F3N4O5/c1-32-21-20(22(35)33(24(32)36)9-10-38-12-11-37-2)34(14-15-3-5-16(26)6-4-15)23(31-21)39-17-7-8-19(27)18(13-17)25(28,29)30/h3-6,8,13,17H,7,9-12,14H2,1-2H3. The van der Waals surface area contributed by atoms with Gasteiger partial charge in [0.05, 0.1) is 38.5 Å². The van der Waals surface area contributed by atoms with Crippen LogP contribution in [-0.4, -0.2) is 57.9 Å². The number of hydrogen-bond acceptors (Lipinski definition) is 6. The number of methoxy groups -OCH3 is 1. The van der Waals surface area contributed by atoms with Crippen molar-refractivity contribution in [3.05, 3.63) is 78.4 Å². The molecule has 0 saturated heterocycles. The van der Waals surface area contributed by atoms with E-state index in [1.165, 1.54) is 29.4 Å². The van der Waals surface area contributed by atoms with Crippen molar-refractivity contribution in [2.24, 2.45) is 7.05 Å². The maximum atomic E-state index is 13.6. The lowest BCUT2D eigenvalue weighted by atomic mass is 10.0. The molecule has 14 heteroatoms. The number of allylic oxidation sites excluding steroid dienone is 2. The summed E-state index contributed by atoms with van der Waals surface area (Å²) in [6.45, 7) is 0.760. The van der Waals surface area contributed by atoms with E-state index in [0.717, 1.165) is 10.6 Å². The molecule has 9 nitrogen and oxygen atoms in total. The van der Waals surface area contributed by atoms with E-state index in [9.17, 15) is 22.8 Å². The molecule has 0 saturated carbocycles. The van der Waals surface area contributed by atoms with E-state index in [0.29, 0.717) is 17.2 Å².